The van der Waals surface area contributed by atoms with Crippen molar-refractivity contribution in [1.29, 1.82) is 0 Å². The summed E-state index contributed by atoms with van der Waals surface area (Å²) in [4.78, 5) is 16.4. The first-order valence-electron chi connectivity index (χ1n) is 8.92. The Labute approximate surface area is 158 Å². The third-order valence-electron chi connectivity index (χ3n) is 4.83. The Morgan fingerprint density at radius 1 is 1.15 bits per heavy atom. The Morgan fingerprint density at radius 3 is 2.81 bits per heavy atom. The molecule has 0 radical (unpaired) electrons. The summed E-state index contributed by atoms with van der Waals surface area (Å²) >= 11 is 1.82. The van der Waals surface area contributed by atoms with E-state index in [1.165, 1.54) is 16.0 Å². The van der Waals surface area contributed by atoms with Gasteiger partial charge in [0.05, 0.1) is 12.6 Å². The predicted octanol–water partition coefficient (Wildman–Crippen LogP) is 4.64. The average Bonchev–Trinajstić information content (AvgIpc) is 3.11. The minimum atomic E-state index is 0.0372. The van der Waals surface area contributed by atoms with Gasteiger partial charge in [0.15, 0.2) is 0 Å². The molecular formula is C22H22N2OS. The van der Waals surface area contributed by atoms with E-state index in [-0.39, 0.29) is 11.9 Å². The van der Waals surface area contributed by atoms with Gasteiger partial charge >= 0.3 is 0 Å². The summed E-state index contributed by atoms with van der Waals surface area (Å²) in [6, 6.07) is 20.8. The highest BCUT2D eigenvalue weighted by atomic mass is 32.1. The Hall–Kier alpha value is -2.43. The van der Waals surface area contributed by atoms with Gasteiger partial charge in [0, 0.05) is 17.1 Å². The van der Waals surface area contributed by atoms with Crippen LogP contribution in [0.2, 0.25) is 0 Å². The van der Waals surface area contributed by atoms with Crippen molar-refractivity contribution in [2.24, 2.45) is 0 Å². The van der Waals surface area contributed by atoms with Gasteiger partial charge in [-0.05, 0) is 53.6 Å². The summed E-state index contributed by atoms with van der Waals surface area (Å²) < 4.78 is 0. The zero-order chi connectivity index (χ0) is 17.9. The quantitative estimate of drug-likeness (QED) is 0.733. The molecule has 2 aromatic carbocycles. The zero-order valence-corrected chi connectivity index (χ0v) is 15.6. The van der Waals surface area contributed by atoms with Gasteiger partial charge in [-0.2, -0.15) is 0 Å². The summed E-state index contributed by atoms with van der Waals surface area (Å²) in [6.07, 6.45) is 1.01. The summed E-state index contributed by atoms with van der Waals surface area (Å²) in [7, 11) is 0. The lowest BCUT2D eigenvalue weighted by molar-refractivity contribution is -0.117. The van der Waals surface area contributed by atoms with Crippen LogP contribution in [0.25, 0.3) is 0 Å². The number of carbonyl (C=O) groups is 1. The van der Waals surface area contributed by atoms with E-state index < -0.39 is 0 Å². The largest absolute Gasteiger partial charge is 0.325 e. The lowest BCUT2D eigenvalue weighted by Crippen LogP contribution is -2.40. The van der Waals surface area contributed by atoms with Crippen LogP contribution >= 0.6 is 11.3 Å². The van der Waals surface area contributed by atoms with Gasteiger partial charge in [-0.1, -0.05) is 42.5 Å². The second-order valence-electron chi connectivity index (χ2n) is 6.75. The molecule has 26 heavy (non-hydrogen) atoms. The van der Waals surface area contributed by atoms with Gasteiger partial charge in [0.1, 0.15) is 0 Å². The van der Waals surface area contributed by atoms with Crippen molar-refractivity contribution in [1.82, 2.24) is 4.90 Å². The maximum absolute atomic E-state index is 12.7. The van der Waals surface area contributed by atoms with E-state index in [0.29, 0.717) is 6.54 Å². The fraction of sp³-hybridized carbons (Fsp3) is 0.227. The van der Waals surface area contributed by atoms with Crippen LogP contribution in [0.3, 0.4) is 0 Å². The van der Waals surface area contributed by atoms with E-state index in [1.807, 2.05) is 48.6 Å². The van der Waals surface area contributed by atoms with Gasteiger partial charge in [0.2, 0.25) is 5.91 Å². The van der Waals surface area contributed by atoms with E-state index in [4.69, 9.17) is 0 Å². The molecule has 0 spiro atoms. The van der Waals surface area contributed by atoms with Crippen LogP contribution in [-0.4, -0.2) is 23.9 Å². The molecule has 0 fully saturated rings. The number of anilines is 1. The van der Waals surface area contributed by atoms with Crippen LogP contribution in [0.4, 0.5) is 5.69 Å². The fourth-order valence-electron chi connectivity index (χ4n) is 3.67. The molecule has 4 heteroatoms. The number of benzene rings is 2. The van der Waals surface area contributed by atoms with Gasteiger partial charge in [-0.25, -0.2) is 0 Å². The SMILES string of the molecule is Cc1cccc(NC(=O)CN2CCc3sccc3C2c2ccccc2)c1. The van der Waals surface area contributed by atoms with Gasteiger partial charge < -0.3 is 5.32 Å². The van der Waals surface area contributed by atoms with E-state index in [2.05, 4.69) is 45.9 Å². The molecule has 4 rings (SSSR count). The predicted molar refractivity (Wildman–Crippen MR) is 108 cm³/mol. The smallest absolute Gasteiger partial charge is 0.238 e. The molecule has 1 amide bonds. The van der Waals surface area contributed by atoms with Crippen molar-refractivity contribution in [2.45, 2.75) is 19.4 Å². The third kappa shape index (κ3) is 3.57. The molecule has 1 aliphatic heterocycles. The van der Waals surface area contributed by atoms with Crippen LogP contribution < -0.4 is 5.32 Å². The molecule has 1 aliphatic rings. The van der Waals surface area contributed by atoms with Crippen molar-refractivity contribution < 1.29 is 4.79 Å². The molecule has 1 aromatic heterocycles. The first kappa shape index (κ1) is 17.0. The molecule has 0 bridgehead atoms. The minimum Gasteiger partial charge on any atom is -0.325 e. The molecule has 1 N–H and O–H groups in total. The lowest BCUT2D eigenvalue weighted by atomic mass is 9.93. The molecule has 2 heterocycles. The molecule has 0 saturated heterocycles. The number of amides is 1. The maximum atomic E-state index is 12.7. The van der Waals surface area contributed by atoms with E-state index in [1.54, 1.807) is 0 Å². The topological polar surface area (TPSA) is 32.3 Å². The molecular weight excluding hydrogens is 340 g/mol. The minimum absolute atomic E-state index is 0.0372. The van der Waals surface area contributed by atoms with Crippen molar-refractivity contribution >= 4 is 22.9 Å². The van der Waals surface area contributed by atoms with Crippen LogP contribution in [0.15, 0.2) is 66.0 Å². The molecule has 1 atom stereocenters. The van der Waals surface area contributed by atoms with Crippen molar-refractivity contribution in [2.75, 3.05) is 18.4 Å². The Bertz CT molecular complexity index is 903. The number of hydrogen-bond acceptors (Lipinski definition) is 3. The van der Waals surface area contributed by atoms with Gasteiger partial charge in [-0.3, -0.25) is 9.69 Å². The number of aryl methyl sites for hydroxylation is 1. The van der Waals surface area contributed by atoms with Gasteiger partial charge in [0.25, 0.3) is 0 Å². The highest BCUT2D eigenvalue weighted by Crippen LogP contribution is 2.37. The second kappa shape index (κ2) is 7.44. The Balaban J connectivity index is 1.56. The summed E-state index contributed by atoms with van der Waals surface area (Å²) in [5.41, 5.74) is 4.59. The number of rotatable bonds is 4. The molecule has 1 unspecified atom stereocenters. The van der Waals surface area contributed by atoms with E-state index in [0.717, 1.165) is 24.2 Å². The zero-order valence-electron chi connectivity index (χ0n) is 14.8. The monoisotopic (exact) mass is 362 g/mol. The summed E-state index contributed by atoms with van der Waals surface area (Å²) in [6.45, 7) is 3.32. The van der Waals surface area contributed by atoms with Crippen LogP contribution in [0, 0.1) is 6.92 Å². The van der Waals surface area contributed by atoms with Crippen molar-refractivity contribution in [3.63, 3.8) is 0 Å². The summed E-state index contributed by atoms with van der Waals surface area (Å²) in [5.74, 6) is 0.0372. The number of carbonyl (C=O) groups excluding carboxylic acids is 1. The highest BCUT2D eigenvalue weighted by molar-refractivity contribution is 7.10. The average molecular weight is 362 g/mol. The highest BCUT2D eigenvalue weighted by Gasteiger charge is 2.30. The Morgan fingerprint density at radius 2 is 2.00 bits per heavy atom. The normalized spacial score (nSPS) is 16.9. The Kier molecular flexibility index (Phi) is 4.87. The molecule has 0 aliphatic carbocycles. The van der Waals surface area contributed by atoms with E-state index >= 15 is 0 Å². The maximum Gasteiger partial charge on any atom is 0.238 e. The number of thiophene rings is 1. The van der Waals surface area contributed by atoms with Crippen LogP contribution in [-0.2, 0) is 11.2 Å². The summed E-state index contributed by atoms with van der Waals surface area (Å²) in [5, 5.41) is 5.21. The molecule has 3 nitrogen and oxygen atoms in total. The van der Waals surface area contributed by atoms with Crippen molar-refractivity contribution in [3.8, 4) is 0 Å². The number of fused-ring (bicyclic) bond motifs is 1. The standard InChI is InChI=1S/C22H22N2OS/c1-16-6-5-9-18(14-16)23-21(25)15-24-12-10-20-19(11-13-26-20)22(24)17-7-3-2-4-8-17/h2-9,11,13-14,22H,10,12,15H2,1H3,(H,23,25). The second-order valence-corrected chi connectivity index (χ2v) is 7.75. The van der Waals surface area contributed by atoms with Crippen LogP contribution in [0.5, 0.6) is 0 Å². The number of nitrogens with zero attached hydrogens (tertiary/aromatic N) is 1. The third-order valence-corrected chi connectivity index (χ3v) is 5.83. The number of nitrogens with one attached hydrogen (secondary N) is 1. The first-order valence-corrected chi connectivity index (χ1v) is 9.80. The van der Waals surface area contributed by atoms with Crippen molar-refractivity contribution in [3.05, 3.63) is 87.6 Å². The lowest BCUT2D eigenvalue weighted by Gasteiger charge is -2.35. The fourth-order valence-corrected chi connectivity index (χ4v) is 4.58. The molecule has 3 aromatic rings. The number of hydrogen-bond donors (Lipinski definition) is 1. The first-order chi connectivity index (χ1) is 12.7. The van der Waals surface area contributed by atoms with E-state index in [9.17, 15) is 4.79 Å². The molecule has 0 saturated carbocycles. The van der Waals surface area contributed by atoms with Crippen LogP contribution in [0.1, 0.15) is 27.6 Å². The van der Waals surface area contributed by atoms with Gasteiger partial charge in [-0.15, -0.1) is 11.3 Å². The molecule has 132 valence electrons.